The molecule has 2 aliphatic rings. The largest absolute Gasteiger partial charge is 0.465 e. The van der Waals surface area contributed by atoms with Gasteiger partial charge in [0, 0.05) is 5.41 Å². The molecule has 0 aromatic heterocycles. The average molecular weight is 234 g/mol. The highest BCUT2D eigenvalue weighted by atomic mass is 35.5. The van der Waals surface area contributed by atoms with Gasteiger partial charge in [-0.1, -0.05) is 19.3 Å². The molecule has 2 rings (SSSR count). The predicted molar refractivity (Wildman–Crippen MR) is 60.9 cm³/mol. The predicted octanol–water partition coefficient (Wildman–Crippen LogP) is 2.02. The average Bonchev–Trinajstić information content (AvgIpc) is 2.74. The highest BCUT2D eigenvalue weighted by Gasteiger charge is 2.69. The number of ether oxygens (including phenoxy) is 1. The zero-order valence-corrected chi connectivity index (χ0v) is 10.1. The first kappa shape index (κ1) is 12.8. The van der Waals surface area contributed by atoms with Crippen molar-refractivity contribution in [2.75, 3.05) is 6.61 Å². The molecule has 1 unspecified atom stereocenters. The first-order chi connectivity index (χ1) is 6.65. The quantitative estimate of drug-likeness (QED) is 0.743. The van der Waals surface area contributed by atoms with Crippen molar-refractivity contribution < 1.29 is 9.53 Å². The van der Waals surface area contributed by atoms with Gasteiger partial charge in [-0.2, -0.15) is 0 Å². The van der Waals surface area contributed by atoms with Crippen molar-refractivity contribution in [3.63, 3.8) is 0 Å². The summed E-state index contributed by atoms with van der Waals surface area (Å²) in [4.78, 5) is 11.7. The molecule has 2 fully saturated rings. The van der Waals surface area contributed by atoms with E-state index in [1.165, 1.54) is 19.3 Å². The van der Waals surface area contributed by atoms with Crippen LogP contribution in [0.2, 0.25) is 0 Å². The number of carbonyl (C=O) groups excluding carboxylic acids is 1. The Labute approximate surface area is 97.1 Å². The lowest BCUT2D eigenvalue weighted by Crippen LogP contribution is -2.41. The molecular weight excluding hydrogens is 214 g/mol. The molecule has 0 bridgehead atoms. The van der Waals surface area contributed by atoms with E-state index in [4.69, 9.17) is 10.5 Å². The van der Waals surface area contributed by atoms with E-state index >= 15 is 0 Å². The smallest absolute Gasteiger partial charge is 0.326 e. The minimum Gasteiger partial charge on any atom is -0.465 e. The van der Waals surface area contributed by atoms with Gasteiger partial charge >= 0.3 is 5.97 Å². The fourth-order valence-corrected chi connectivity index (χ4v) is 2.89. The number of hydrogen-bond donors (Lipinski definition) is 1. The lowest BCUT2D eigenvalue weighted by Gasteiger charge is -2.25. The van der Waals surface area contributed by atoms with Gasteiger partial charge in [0.2, 0.25) is 0 Å². The Kier molecular flexibility index (Phi) is 3.67. The Hall–Kier alpha value is -0.280. The van der Waals surface area contributed by atoms with Crippen molar-refractivity contribution in [3.8, 4) is 0 Å². The van der Waals surface area contributed by atoms with Gasteiger partial charge in [0.25, 0.3) is 0 Å². The summed E-state index contributed by atoms with van der Waals surface area (Å²) >= 11 is 0. The van der Waals surface area contributed by atoms with E-state index in [1.54, 1.807) is 0 Å². The van der Waals surface area contributed by atoms with Gasteiger partial charge in [-0.05, 0) is 26.2 Å². The van der Waals surface area contributed by atoms with Crippen LogP contribution in [-0.4, -0.2) is 18.1 Å². The van der Waals surface area contributed by atoms with Gasteiger partial charge in [0.05, 0.1) is 6.61 Å². The SMILES string of the molecule is CCOC(=O)C1(N)CC12CCCCC2.Cl. The number of nitrogens with two attached hydrogens (primary N) is 1. The van der Waals surface area contributed by atoms with Crippen LogP contribution in [0.25, 0.3) is 0 Å². The van der Waals surface area contributed by atoms with Crippen LogP contribution >= 0.6 is 12.4 Å². The molecule has 0 heterocycles. The molecule has 3 nitrogen and oxygen atoms in total. The van der Waals surface area contributed by atoms with Gasteiger partial charge < -0.3 is 10.5 Å². The van der Waals surface area contributed by atoms with Crippen LogP contribution in [-0.2, 0) is 9.53 Å². The zero-order chi connectivity index (χ0) is 10.2. The standard InChI is InChI=1S/C11H19NO2.ClH/c1-2-14-9(13)11(12)8-10(11)6-4-3-5-7-10;/h2-8,12H2,1H3;1H. The van der Waals surface area contributed by atoms with Crippen LogP contribution < -0.4 is 5.73 Å². The van der Waals surface area contributed by atoms with Crippen LogP contribution in [0.4, 0.5) is 0 Å². The van der Waals surface area contributed by atoms with E-state index in [2.05, 4.69) is 0 Å². The van der Waals surface area contributed by atoms with Crippen molar-refractivity contribution in [2.45, 2.75) is 51.0 Å². The normalized spacial score (nSPS) is 31.9. The summed E-state index contributed by atoms with van der Waals surface area (Å²) in [5.74, 6) is -0.179. The van der Waals surface area contributed by atoms with Crippen LogP contribution in [0.1, 0.15) is 45.4 Å². The number of esters is 1. The first-order valence-corrected chi connectivity index (χ1v) is 5.61. The first-order valence-electron chi connectivity index (χ1n) is 5.61. The van der Waals surface area contributed by atoms with E-state index in [0.717, 1.165) is 19.3 Å². The lowest BCUT2D eigenvalue weighted by molar-refractivity contribution is -0.147. The second kappa shape index (κ2) is 4.30. The summed E-state index contributed by atoms with van der Waals surface area (Å²) < 4.78 is 5.03. The van der Waals surface area contributed by atoms with Gasteiger partial charge in [0.1, 0.15) is 5.54 Å². The molecule has 88 valence electrons. The number of halogens is 1. The van der Waals surface area contributed by atoms with Crippen molar-refractivity contribution in [1.29, 1.82) is 0 Å². The van der Waals surface area contributed by atoms with Crippen LogP contribution in [0, 0.1) is 5.41 Å². The van der Waals surface area contributed by atoms with Crippen molar-refractivity contribution >= 4 is 18.4 Å². The maximum absolute atomic E-state index is 11.7. The van der Waals surface area contributed by atoms with Crippen LogP contribution in [0.3, 0.4) is 0 Å². The fourth-order valence-electron chi connectivity index (χ4n) is 2.89. The maximum Gasteiger partial charge on any atom is 0.326 e. The zero-order valence-electron chi connectivity index (χ0n) is 9.25. The second-order valence-corrected chi connectivity index (χ2v) is 4.71. The molecule has 0 aliphatic heterocycles. The molecule has 0 radical (unpaired) electrons. The number of rotatable bonds is 2. The van der Waals surface area contributed by atoms with Crippen molar-refractivity contribution in [3.05, 3.63) is 0 Å². The third kappa shape index (κ3) is 1.87. The Morgan fingerprint density at radius 3 is 2.47 bits per heavy atom. The Balaban J connectivity index is 0.00000112. The van der Waals surface area contributed by atoms with E-state index in [0.29, 0.717) is 6.61 Å². The molecule has 15 heavy (non-hydrogen) atoms. The third-order valence-corrected chi connectivity index (χ3v) is 3.89. The molecule has 2 saturated carbocycles. The second-order valence-electron chi connectivity index (χ2n) is 4.71. The molecule has 0 aromatic rings. The summed E-state index contributed by atoms with van der Waals surface area (Å²) in [7, 11) is 0. The van der Waals surface area contributed by atoms with E-state index < -0.39 is 5.54 Å². The number of hydrogen-bond acceptors (Lipinski definition) is 3. The van der Waals surface area contributed by atoms with Gasteiger partial charge in [-0.15, -0.1) is 12.4 Å². The summed E-state index contributed by atoms with van der Waals surface area (Å²) in [6.45, 7) is 2.27. The van der Waals surface area contributed by atoms with Gasteiger partial charge in [-0.25, -0.2) is 0 Å². The lowest BCUT2D eigenvalue weighted by atomic mass is 9.82. The summed E-state index contributed by atoms with van der Waals surface area (Å²) in [5, 5.41) is 0. The molecule has 2 aliphatic carbocycles. The van der Waals surface area contributed by atoms with E-state index in [9.17, 15) is 4.79 Å². The highest BCUT2D eigenvalue weighted by Crippen LogP contribution is 2.63. The molecule has 0 amide bonds. The molecular formula is C11H20ClNO2. The molecule has 4 heteroatoms. The van der Waals surface area contributed by atoms with Crippen LogP contribution in [0.15, 0.2) is 0 Å². The summed E-state index contributed by atoms with van der Waals surface area (Å²) in [6.07, 6.45) is 6.81. The molecule has 2 N–H and O–H groups in total. The summed E-state index contributed by atoms with van der Waals surface area (Å²) in [5.41, 5.74) is 5.58. The minimum atomic E-state index is -0.635. The topological polar surface area (TPSA) is 52.3 Å². The van der Waals surface area contributed by atoms with Gasteiger partial charge in [-0.3, -0.25) is 4.79 Å². The fraction of sp³-hybridized carbons (Fsp3) is 0.909. The van der Waals surface area contributed by atoms with E-state index in [-0.39, 0.29) is 23.8 Å². The Morgan fingerprint density at radius 2 is 1.93 bits per heavy atom. The summed E-state index contributed by atoms with van der Waals surface area (Å²) in [6, 6.07) is 0. The minimum absolute atomic E-state index is 0. The van der Waals surface area contributed by atoms with Crippen molar-refractivity contribution in [1.82, 2.24) is 0 Å². The number of carbonyl (C=O) groups is 1. The Bertz CT molecular complexity index is 251. The molecule has 1 spiro atoms. The van der Waals surface area contributed by atoms with Crippen molar-refractivity contribution in [2.24, 2.45) is 11.1 Å². The molecule has 1 atom stereocenters. The molecule has 0 saturated heterocycles. The highest BCUT2D eigenvalue weighted by molar-refractivity contribution is 5.86. The molecule has 0 aromatic carbocycles. The maximum atomic E-state index is 11.7. The third-order valence-electron chi connectivity index (χ3n) is 3.89. The van der Waals surface area contributed by atoms with Gasteiger partial charge in [0.15, 0.2) is 0 Å². The Morgan fingerprint density at radius 1 is 1.33 bits per heavy atom. The van der Waals surface area contributed by atoms with Crippen LogP contribution in [0.5, 0.6) is 0 Å². The monoisotopic (exact) mass is 233 g/mol. The van der Waals surface area contributed by atoms with E-state index in [1.807, 2.05) is 6.92 Å².